The lowest BCUT2D eigenvalue weighted by Crippen LogP contribution is -2.24. The minimum Gasteiger partial charge on any atom is -0.462 e. The zero-order chi connectivity index (χ0) is 17.6. The molecule has 23 heavy (non-hydrogen) atoms. The van der Waals surface area contributed by atoms with Gasteiger partial charge in [0.1, 0.15) is 16.7 Å². The molecule has 0 amide bonds. The highest BCUT2D eigenvalue weighted by Gasteiger charge is 2.21. The fourth-order valence-electron chi connectivity index (χ4n) is 1.62. The van der Waals surface area contributed by atoms with Gasteiger partial charge in [0.2, 0.25) is 0 Å². The van der Waals surface area contributed by atoms with Gasteiger partial charge in [0.25, 0.3) is 0 Å². The van der Waals surface area contributed by atoms with E-state index in [4.69, 9.17) is 14.7 Å². The number of aryl methyl sites for hydroxylation is 1. The van der Waals surface area contributed by atoms with Crippen LogP contribution in [0, 0.1) is 18.3 Å². The molecule has 0 aliphatic heterocycles. The van der Waals surface area contributed by atoms with Crippen LogP contribution in [0.3, 0.4) is 0 Å². The van der Waals surface area contributed by atoms with E-state index < -0.39 is 17.5 Å². The standard InChI is InChI=1S/C16H20N2O4S/c1-6-21-15(20)12-10(2)9-23-13(12)18-8-11(7-17)14(19)22-16(3,4)5/h8-9,18H,6H2,1-5H3/b11-8-. The van der Waals surface area contributed by atoms with Crippen LogP contribution in [0.2, 0.25) is 0 Å². The summed E-state index contributed by atoms with van der Waals surface area (Å²) in [6, 6.07) is 1.79. The Balaban J connectivity index is 2.97. The van der Waals surface area contributed by atoms with Gasteiger partial charge in [-0.2, -0.15) is 5.26 Å². The molecule has 0 fully saturated rings. The van der Waals surface area contributed by atoms with Crippen molar-refractivity contribution in [2.45, 2.75) is 40.2 Å². The van der Waals surface area contributed by atoms with E-state index in [2.05, 4.69) is 5.32 Å². The molecule has 1 heterocycles. The number of nitrogens with zero attached hydrogens (tertiary/aromatic N) is 1. The number of ether oxygens (including phenoxy) is 2. The average Bonchev–Trinajstić information content (AvgIpc) is 2.79. The van der Waals surface area contributed by atoms with E-state index in [1.165, 1.54) is 17.5 Å². The summed E-state index contributed by atoms with van der Waals surface area (Å²) in [6.07, 6.45) is 1.24. The Hall–Kier alpha value is -2.33. The Morgan fingerprint density at radius 1 is 1.43 bits per heavy atom. The van der Waals surface area contributed by atoms with E-state index >= 15 is 0 Å². The quantitative estimate of drug-likeness (QED) is 0.504. The van der Waals surface area contributed by atoms with Crippen molar-refractivity contribution in [3.63, 3.8) is 0 Å². The van der Waals surface area contributed by atoms with Crippen molar-refractivity contribution in [3.8, 4) is 6.07 Å². The number of esters is 2. The SMILES string of the molecule is CCOC(=O)c1c(C)csc1N/C=C(/C#N)C(=O)OC(C)(C)C. The zero-order valence-corrected chi connectivity index (χ0v) is 14.7. The predicted octanol–water partition coefficient (Wildman–Crippen LogP) is 3.39. The summed E-state index contributed by atoms with van der Waals surface area (Å²) in [5.74, 6) is -1.17. The molecule has 0 aliphatic carbocycles. The van der Waals surface area contributed by atoms with E-state index in [9.17, 15) is 9.59 Å². The molecule has 124 valence electrons. The molecular weight excluding hydrogens is 316 g/mol. The molecule has 0 spiro atoms. The largest absolute Gasteiger partial charge is 0.462 e. The normalized spacial score (nSPS) is 11.6. The smallest absolute Gasteiger partial charge is 0.350 e. The van der Waals surface area contributed by atoms with Crippen molar-refractivity contribution in [1.29, 1.82) is 5.26 Å². The van der Waals surface area contributed by atoms with Crippen LogP contribution >= 0.6 is 11.3 Å². The summed E-state index contributed by atoms with van der Waals surface area (Å²) in [5.41, 5.74) is 0.290. The number of hydrogen-bond acceptors (Lipinski definition) is 7. The zero-order valence-electron chi connectivity index (χ0n) is 13.9. The molecule has 6 nitrogen and oxygen atoms in total. The maximum atomic E-state index is 12.0. The summed E-state index contributed by atoms with van der Waals surface area (Å²) >= 11 is 1.29. The van der Waals surface area contributed by atoms with Crippen LogP contribution in [-0.4, -0.2) is 24.1 Å². The Morgan fingerprint density at radius 2 is 2.09 bits per heavy atom. The molecule has 1 aromatic heterocycles. The topological polar surface area (TPSA) is 88.4 Å². The first-order valence-corrected chi connectivity index (χ1v) is 7.93. The van der Waals surface area contributed by atoms with Gasteiger partial charge in [0.05, 0.1) is 12.2 Å². The minimum atomic E-state index is -0.724. The van der Waals surface area contributed by atoms with Crippen LogP contribution in [0.5, 0.6) is 0 Å². The van der Waals surface area contributed by atoms with Gasteiger partial charge in [-0.15, -0.1) is 11.3 Å². The van der Waals surface area contributed by atoms with E-state index in [0.717, 1.165) is 5.56 Å². The molecule has 0 aliphatic rings. The van der Waals surface area contributed by atoms with Gasteiger partial charge in [-0.1, -0.05) is 0 Å². The van der Waals surface area contributed by atoms with E-state index in [0.29, 0.717) is 10.6 Å². The summed E-state index contributed by atoms with van der Waals surface area (Å²) < 4.78 is 10.1. The van der Waals surface area contributed by atoms with Crippen molar-refractivity contribution >= 4 is 28.3 Å². The molecule has 0 unspecified atom stereocenters. The Bertz CT molecular complexity index is 663. The Labute approximate surface area is 139 Å². The van der Waals surface area contributed by atoms with Crippen molar-refractivity contribution in [2.24, 2.45) is 0 Å². The van der Waals surface area contributed by atoms with Crippen molar-refractivity contribution < 1.29 is 19.1 Å². The molecule has 0 saturated carbocycles. The second-order valence-electron chi connectivity index (χ2n) is 5.66. The Morgan fingerprint density at radius 3 is 2.61 bits per heavy atom. The highest BCUT2D eigenvalue weighted by Crippen LogP contribution is 2.28. The van der Waals surface area contributed by atoms with Gasteiger partial charge in [0, 0.05) is 6.20 Å². The highest BCUT2D eigenvalue weighted by molar-refractivity contribution is 7.14. The molecule has 7 heteroatoms. The minimum absolute atomic E-state index is 0.180. The summed E-state index contributed by atoms with van der Waals surface area (Å²) in [6.45, 7) is 8.93. The first-order chi connectivity index (χ1) is 10.7. The van der Waals surface area contributed by atoms with Gasteiger partial charge < -0.3 is 14.8 Å². The number of anilines is 1. The van der Waals surface area contributed by atoms with Crippen LogP contribution < -0.4 is 5.32 Å². The van der Waals surface area contributed by atoms with Gasteiger partial charge in [-0.25, -0.2) is 9.59 Å². The van der Waals surface area contributed by atoms with E-state index in [1.54, 1.807) is 46.1 Å². The summed E-state index contributed by atoms with van der Waals surface area (Å²) in [7, 11) is 0. The molecule has 0 aromatic carbocycles. The third-order valence-electron chi connectivity index (χ3n) is 2.54. The number of nitrogens with one attached hydrogen (secondary N) is 1. The number of rotatable bonds is 5. The molecular formula is C16H20N2O4S. The van der Waals surface area contributed by atoms with Gasteiger partial charge >= 0.3 is 11.9 Å². The second-order valence-corrected chi connectivity index (χ2v) is 6.54. The third-order valence-corrected chi connectivity index (χ3v) is 3.57. The lowest BCUT2D eigenvalue weighted by atomic mass is 10.2. The van der Waals surface area contributed by atoms with Crippen LogP contribution in [0.1, 0.15) is 43.6 Å². The van der Waals surface area contributed by atoms with Crippen LogP contribution in [-0.2, 0) is 14.3 Å². The average molecular weight is 336 g/mol. The van der Waals surface area contributed by atoms with Gasteiger partial charge in [0.15, 0.2) is 5.57 Å². The van der Waals surface area contributed by atoms with Crippen molar-refractivity contribution in [2.75, 3.05) is 11.9 Å². The maximum absolute atomic E-state index is 12.0. The number of carbonyl (C=O) groups is 2. The molecule has 1 rings (SSSR count). The summed E-state index contributed by atoms with van der Waals surface area (Å²) in [4.78, 5) is 23.8. The van der Waals surface area contributed by atoms with E-state index in [-0.39, 0.29) is 12.2 Å². The monoisotopic (exact) mass is 336 g/mol. The van der Waals surface area contributed by atoms with Gasteiger partial charge in [-0.05, 0) is 45.6 Å². The summed E-state index contributed by atoms with van der Waals surface area (Å²) in [5, 5.41) is 14.2. The van der Waals surface area contributed by atoms with Gasteiger partial charge in [-0.3, -0.25) is 0 Å². The van der Waals surface area contributed by atoms with Crippen molar-refractivity contribution in [3.05, 3.63) is 28.3 Å². The van der Waals surface area contributed by atoms with E-state index in [1.807, 2.05) is 0 Å². The number of hydrogen-bond donors (Lipinski definition) is 1. The molecule has 0 saturated heterocycles. The molecule has 0 radical (unpaired) electrons. The Kier molecular flexibility index (Phi) is 6.34. The molecule has 1 aromatic rings. The van der Waals surface area contributed by atoms with Crippen LogP contribution in [0.15, 0.2) is 17.2 Å². The first-order valence-electron chi connectivity index (χ1n) is 7.05. The van der Waals surface area contributed by atoms with Crippen molar-refractivity contribution in [1.82, 2.24) is 0 Å². The first kappa shape index (κ1) is 18.7. The molecule has 0 bridgehead atoms. The molecule has 1 N–H and O–H groups in total. The highest BCUT2D eigenvalue weighted by atomic mass is 32.1. The number of nitriles is 1. The third kappa shape index (κ3) is 5.42. The maximum Gasteiger partial charge on any atom is 0.350 e. The fourth-order valence-corrected chi connectivity index (χ4v) is 2.52. The number of carbonyl (C=O) groups excluding carboxylic acids is 2. The predicted molar refractivity (Wildman–Crippen MR) is 88.2 cm³/mol. The molecule has 0 atom stereocenters. The second kappa shape index (κ2) is 7.79. The van der Waals surface area contributed by atoms with Crippen LogP contribution in [0.25, 0.3) is 0 Å². The fraction of sp³-hybridized carbons (Fsp3) is 0.438. The van der Waals surface area contributed by atoms with Crippen LogP contribution in [0.4, 0.5) is 5.00 Å². The number of thiophene rings is 1. The lowest BCUT2D eigenvalue weighted by molar-refractivity contribution is -0.149. The lowest BCUT2D eigenvalue weighted by Gasteiger charge is -2.18.